The van der Waals surface area contributed by atoms with E-state index in [0.717, 1.165) is 27.2 Å². The minimum Gasteiger partial charge on any atom is -0.497 e. The Hall–Kier alpha value is -2.15. The van der Waals surface area contributed by atoms with E-state index in [9.17, 15) is 4.79 Å². The zero-order chi connectivity index (χ0) is 16.1. The molecule has 0 aliphatic rings. The van der Waals surface area contributed by atoms with E-state index in [0.29, 0.717) is 0 Å². The van der Waals surface area contributed by atoms with Crippen LogP contribution in [0.5, 0.6) is 5.75 Å². The first-order valence-electron chi connectivity index (χ1n) is 6.66. The van der Waals surface area contributed by atoms with Crippen molar-refractivity contribution in [2.24, 2.45) is 5.10 Å². The van der Waals surface area contributed by atoms with Gasteiger partial charge in [-0.1, -0.05) is 0 Å². The molecular formula is C15H17BrN4O2. The molecule has 0 aliphatic heterocycles. The molecule has 2 rings (SSSR count). The summed E-state index contributed by atoms with van der Waals surface area (Å²) in [4.78, 5) is 11.9. The molecule has 1 aromatic heterocycles. The summed E-state index contributed by atoms with van der Waals surface area (Å²) in [5.41, 5.74) is 5.12. The minimum absolute atomic E-state index is 0.123. The lowest BCUT2D eigenvalue weighted by Crippen LogP contribution is -2.24. The van der Waals surface area contributed by atoms with Crippen molar-refractivity contribution in [3.63, 3.8) is 0 Å². The van der Waals surface area contributed by atoms with Crippen LogP contribution >= 0.6 is 15.9 Å². The molecule has 7 heteroatoms. The average molecular weight is 365 g/mol. The van der Waals surface area contributed by atoms with Crippen LogP contribution in [0.1, 0.15) is 17.0 Å². The highest BCUT2D eigenvalue weighted by Crippen LogP contribution is 2.19. The normalized spacial score (nSPS) is 10.9. The maximum Gasteiger partial charge on any atom is 0.261 e. The number of benzene rings is 1. The fraction of sp³-hybridized carbons (Fsp3) is 0.267. The lowest BCUT2D eigenvalue weighted by atomic mass is 10.2. The average Bonchev–Trinajstić information content (AvgIpc) is 2.75. The van der Waals surface area contributed by atoms with Crippen molar-refractivity contribution in [1.29, 1.82) is 0 Å². The number of carbonyl (C=O) groups is 1. The number of nitrogens with one attached hydrogen (secondary N) is 1. The van der Waals surface area contributed by atoms with Crippen LogP contribution in [-0.2, 0) is 11.3 Å². The number of amides is 1. The van der Waals surface area contributed by atoms with Crippen molar-refractivity contribution in [2.75, 3.05) is 7.11 Å². The largest absolute Gasteiger partial charge is 0.497 e. The molecule has 0 spiro atoms. The number of hydrogen-bond acceptors (Lipinski definition) is 4. The van der Waals surface area contributed by atoms with Crippen molar-refractivity contribution in [2.45, 2.75) is 20.4 Å². The molecule has 0 bridgehead atoms. The first-order chi connectivity index (χ1) is 10.5. The Bertz CT molecular complexity index is 692. The molecule has 0 unspecified atom stereocenters. The zero-order valence-corrected chi connectivity index (χ0v) is 14.2. The first-order valence-corrected chi connectivity index (χ1v) is 7.46. The molecule has 0 radical (unpaired) electrons. The molecule has 0 atom stereocenters. The molecule has 0 saturated heterocycles. The number of aryl methyl sites for hydroxylation is 1. The molecule has 1 heterocycles. The molecule has 1 aromatic carbocycles. The summed E-state index contributed by atoms with van der Waals surface area (Å²) < 4.78 is 7.63. The summed E-state index contributed by atoms with van der Waals surface area (Å²) >= 11 is 3.43. The Morgan fingerprint density at radius 2 is 2.09 bits per heavy atom. The van der Waals surface area contributed by atoms with E-state index < -0.39 is 0 Å². The zero-order valence-electron chi connectivity index (χ0n) is 12.6. The molecule has 0 aliphatic carbocycles. The highest BCUT2D eigenvalue weighted by atomic mass is 79.9. The number of ether oxygens (including phenoxy) is 1. The van der Waals surface area contributed by atoms with Gasteiger partial charge in [0.1, 0.15) is 12.3 Å². The topological polar surface area (TPSA) is 68.5 Å². The first kappa shape index (κ1) is 16.2. The fourth-order valence-corrected chi connectivity index (χ4v) is 2.15. The second-order valence-electron chi connectivity index (χ2n) is 4.71. The van der Waals surface area contributed by atoms with Gasteiger partial charge in [0.05, 0.1) is 29.2 Å². The van der Waals surface area contributed by atoms with Gasteiger partial charge in [0.25, 0.3) is 5.91 Å². The number of halogens is 1. The van der Waals surface area contributed by atoms with E-state index in [1.165, 1.54) is 0 Å². The van der Waals surface area contributed by atoms with Crippen LogP contribution in [-0.4, -0.2) is 29.0 Å². The maximum atomic E-state index is 11.9. The standard InChI is InChI=1S/C15H17BrN4O2/c1-10-15(16)11(2)20(19-10)9-14(21)18-17-8-12-4-6-13(22-3)7-5-12/h4-8H,9H2,1-3H3,(H,18,21)/b17-8+. The lowest BCUT2D eigenvalue weighted by Gasteiger charge is -2.03. The quantitative estimate of drug-likeness (QED) is 0.654. The van der Waals surface area contributed by atoms with Gasteiger partial charge in [-0.3, -0.25) is 9.48 Å². The third kappa shape index (κ3) is 3.94. The third-order valence-corrected chi connectivity index (χ3v) is 4.25. The summed E-state index contributed by atoms with van der Waals surface area (Å²) in [5.74, 6) is 0.541. The van der Waals surface area contributed by atoms with E-state index in [1.54, 1.807) is 18.0 Å². The van der Waals surface area contributed by atoms with Crippen LogP contribution < -0.4 is 10.2 Å². The van der Waals surface area contributed by atoms with Crippen molar-refractivity contribution in [1.82, 2.24) is 15.2 Å². The molecule has 1 N–H and O–H groups in total. The number of hydrogen-bond donors (Lipinski definition) is 1. The Labute approximate surface area is 137 Å². The molecule has 0 saturated carbocycles. The summed E-state index contributed by atoms with van der Waals surface area (Å²) in [6.07, 6.45) is 1.58. The highest BCUT2D eigenvalue weighted by Gasteiger charge is 2.11. The van der Waals surface area contributed by atoms with E-state index in [2.05, 4.69) is 31.6 Å². The maximum absolute atomic E-state index is 11.9. The van der Waals surface area contributed by atoms with Crippen molar-refractivity contribution in [3.05, 3.63) is 45.7 Å². The van der Waals surface area contributed by atoms with E-state index in [4.69, 9.17) is 4.74 Å². The van der Waals surface area contributed by atoms with Crippen LogP contribution in [0.2, 0.25) is 0 Å². The summed E-state index contributed by atoms with van der Waals surface area (Å²) in [5, 5.41) is 8.21. The van der Waals surface area contributed by atoms with E-state index in [1.807, 2.05) is 38.1 Å². The number of aromatic nitrogens is 2. The number of methoxy groups -OCH3 is 1. The highest BCUT2D eigenvalue weighted by molar-refractivity contribution is 9.10. The van der Waals surface area contributed by atoms with Gasteiger partial charge in [-0.15, -0.1) is 0 Å². The molecule has 116 valence electrons. The Morgan fingerprint density at radius 3 is 2.64 bits per heavy atom. The predicted molar refractivity (Wildman–Crippen MR) is 88.1 cm³/mol. The van der Waals surface area contributed by atoms with Gasteiger partial charge in [-0.2, -0.15) is 10.2 Å². The lowest BCUT2D eigenvalue weighted by molar-refractivity contribution is -0.121. The summed E-state index contributed by atoms with van der Waals surface area (Å²) in [6, 6.07) is 7.37. The van der Waals surface area contributed by atoms with Crippen LogP contribution in [0, 0.1) is 13.8 Å². The number of carbonyl (C=O) groups excluding carboxylic acids is 1. The van der Waals surface area contributed by atoms with Gasteiger partial charge in [0.15, 0.2) is 0 Å². The summed E-state index contributed by atoms with van der Waals surface area (Å²) in [6.45, 7) is 3.91. The van der Waals surface area contributed by atoms with Crippen molar-refractivity contribution in [3.8, 4) is 5.75 Å². The second kappa shape index (κ2) is 7.22. The van der Waals surface area contributed by atoms with Gasteiger partial charge < -0.3 is 4.74 Å². The smallest absolute Gasteiger partial charge is 0.261 e. The number of rotatable bonds is 5. The molecule has 22 heavy (non-hydrogen) atoms. The van der Waals surface area contributed by atoms with Crippen molar-refractivity contribution >= 4 is 28.1 Å². The number of hydrazone groups is 1. The molecule has 2 aromatic rings. The molecular weight excluding hydrogens is 348 g/mol. The Kier molecular flexibility index (Phi) is 5.32. The van der Waals surface area contributed by atoms with Gasteiger partial charge in [-0.05, 0) is 59.6 Å². The van der Waals surface area contributed by atoms with E-state index in [-0.39, 0.29) is 12.5 Å². The van der Waals surface area contributed by atoms with Gasteiger partial charge in [0, 0.05) is 0 Å². The SMILES string of the molecule is COc1ccc(/C=N/NC(=O)Cn2nc(C)c(Br)c2C)cc1. The van der Waals surface area contributed by atoms with Gasteiger partial charge in [-0.25, -0.2) is 5.43 Å². The van der Waals surface area contributed by atoms with Crippen molar-refractivity contribution < 1.29 is 9.53 Å². The minimum atomic E-state index is -0.233. The predicted octanol–water partition coefficient (Wildman–Crippen LogP) is 2.42. The molecule has 1 amide bonds. The molecule has 6 nitrogen and oxygen atoms in total. The van der Waals surface area contributed by atoms with Gasteiger partial charge in [0.2, 0.25) is 0 Å². The third-order valence-electron chi connectivity index (χ3n) is 3.11. The summed E-state index contributed by atoms with van der Waals surface area (Å²) in [7, 11) is 1.61. The van der Waals surface area contributed by atoms with Crippen LogP contribution in [0.15, 0.2) is 33.8 Å². The van der Waals surface area contributed by atoms with E-state index >= 15 is 0 Å². The monoisotopic (exact) mass is 364 g/mol. The Balaban J connectivity index is 1.91. The van der Waals surface area contributed by atoms with Crippen LogP contribution in [0.25, 0.3) is 0 Å². The number of nitrogens with zero attached hydrogens (tertiary/aromatic N) is 3. The van der Waals surface area contributed by atoms with Crippen LogP contribution in [0.4, 0.5) is 0 Å². The van der Waals surface area contributed by atoms with Gasteiger partial charge >= 0.3 is 0 Å². The Morgan fingerprint density at radius 1 is 1.41 bits per heavy atom. The van der Waals surface area contributed by atoms with Crippen LogP contribution in [0.3, 0.4) is 0 Å². The second-order valence-corrected chi connectivity index (χ2v) is 5.50. The molecule has 0 fully saturated rings. The fourth-order valence-electron chi connectivity index (χ4n) is 1.87.